The standard InChI is InChI=1S/C14H15ClO/c1-14(13(15)16)9-7-12(8-10-14)11-5-3-2-4-6-11/h2-7H,8-10H2,1H3. The van der Waals surface area contributed by atoms with Gasteiger partial charge in [-0.2, -0.15) is 0 Å². The zero-order chi connectivity index (χ0) is 11.6. The molecular weight excluding hydrogens is 220 g/mol. The second kappa shape index (κ2) is 4.42. The van der Waals surface area contributed by atoms with E-state index in [0.717, 1.165) is 19.3 Å². The van der Waals surface area contributed by atoms with E-state index in [9.17, 15) is 4.79 Å². The van der Waals surface area contributed by atoms with Gasteiger partial charge in [0, 0.05) is 5.41 Å². The van der Waals surface area contributed by atoms with Gasteiger partial charge in [-0.25, -0.2) is 0 Å². The van der Waals surface area contributed by atoms with E-state index in [-0.39, 0.29) is 10.7 Å². The first kappa shape index (κ1) is 11.4. The van der Waals surface area contributed by atoms with Crippen LogP contribution in [-0.4, -0.2) is 5.24 Å². The van der Waals surface area contributed by atoms with E-state index in [1.165, 1.54) is 11.1 Å². The molecule has 2 rings (SSSR count). The van der Waals surface area contributed by atoms with Crippen molar-refractivity contribution in [1.82, 2.24) is 0 Å². The SMILES string of the molecule is CC1(C(=O)Cl)CC=C(c2ccccc2)CC1. The first-order chi connectivity index (χ1) is 7.62. The van der Waals surface area contributed by atoms with Crippen LogP contribution in [0, 0.1) is 5.41 Å². The van der Waals surface area contributed by atoms with E-state index < -0.39 is 0 Å². The molecule has 0 aromatic heterocycles. The number of halogens is 1. The predicted molar refractivity (Wildman–Crippen MR) is 67.2 cm³/mol. The molecule has 0 saturated carbocycles. The van der Waals surface area contributed by atoms with Gasteiger partial charge in [-0.15, -0.1) is 0 Å². The van der Waals surface area contributed by atoms with Gasteiger partial charge in [0.25, 0.3) is 0 Å². The summed E-state index contributed by atoms with van der Waals surface area (Å²) in [6.07, 6.45) is 4.67. The van der Waals surface area contributed by atoms with Crippen LogP contribution >= 0.6 is 11.6 Å². The zero-order valence-corrected chi connectivity index (χ0v) is 10.1. The molecule has 0 amide bonds. The van der Waals surface area contributed by atoms with Crippen molar-refractivity contribution in [2.45, 2.75) is 26.2 Å². The van der Waals surface area contributed by atoms with Crippen LogP contribution in [0.5, 0.6) is 0 Å². The molecule has 1 unspecified atom stereocenters. The van der Waals surface area contributed by atoms with E-state index in [2.05, 4.69) is 18.2 Å². The quantitative estimate of drug-likeness (QED) is 0.707. The summed E-state index contributed by atoms with van der Waals surface area (Å²) < 4.78 is 0. The third kappa shape index (κ3) is 2.19. The van der Waals surface area contributed by atoms with Gasteiger partial charge >= 0.3 is 0 Å². The Kier molecular flexibility index (Phi) is 3.15. The van der Waals surface area contributed by atoms with Crippen molar-refractivity contribution in [1.29, 1.82) is 0 Å². The van der Waals surface area contributed by atoms with Crippen LogP contribution in [0.25, 0.3) is 5.57 Å². The van der Waals surface area contributed by atoms with Gasteiger partial charge in [0.15, 0.2) is 0 Å². The highest BCUT2D eigenvalue weighted by atomic mass is 35.5. The molecule has 0 heterocycles. The lowest BCUT2D eigenvalue weighted by molar-refractivity contribution is -0.120. The second-order valence-electron chi connectivity index (χ2n) is 4.63. The van der Waals surface area contributed by atoms with Gasteiger partial charge in [0.2, 0.25) is 5.24 Å². The zero-order valence-electron chi connectivity index (χ0n) is 9.37. The largest absolute Gasteiger partial charge is 0.281 e. The first-order valence-corrected chi connectivity index (χ1v) is 5.94. The minimum Gasteiger partial charge on any atom is -0.281 e. The minimum absolute atomic E-state index is 0.212. The van der Waals surface area contributed by atoms with Crippen LogP contribution in [0.1, 0.15) is 31.7 Å². The van der Waals surface area contributed by atoms with Crippen molar-refractivity contribution in [2.24, 2.45) is 5.41 Å². The molecule has 0 aliphatic heterocycles. The van der Waals surface area contributed by atoms with Crippen LogP contribution in [0.2, 0.25) is 0 Å². The van der Waals surface area contributed by atoms with Gasteiger partial charge < -0.3 is 0 Å². The Morgan fingerprint density at radius 1 is 1.31 bits per heavy atom. The van der Waals surface area contributed by atoms with Crippen LogP contribution in [0.3, 0.4) is 0 Å². The summed E-state index contributed by atoms with van der Waals surface area (Å²) >= 11 is 5.62. The molecule has 0 N–H and O–H groups in total. The summed E-state index contributed by atoms with van der Waals surface area (Å²) in [7, 11) is 0. The van der Waals surface area contributed by atoms with Crippen molar-refractivity contribution in [2.75, 3.05) is 0 Å². The van der Waals surface area contributed by atoms with Crippen molar-refractivity contribution >= 4 is 22.4 Å². The van der Waals surface area contributed by atoms with Gasteiger partial charge in [0.05, 0.1) is 0 Å². The minimum atomic E-state index is -0.361. The van der Waals surface area contributed by atoms with Gasteiger partial charge in [0.1, 0.15) is 0 Å². The maximum absolute atomic E-state index is 11.3. The van der Waals surface area contributed by atoms with Gasteiger partial charge in [-0.05, 0) is 42.0 Å². The van der Waals surface area contributed by atoms with Crippen molar-refractivity contribution in [3.63, 3.8) is 0 Å². The lowest BCUT2D eigenvalue weighted by Gasteiger charge is -2.29. The highest BCUT2D eigenvalue weighted by molar-refractivity contribution is 6.64. The molecule has 0 saturated heterocycles. The Morgan fingerprint density at radius 2 is 2.00 bits per heavy atom. The molecule has 1 aliphatic rings. The molecule has 0 spiro atoms. The summed E-state index contributed by atoms with van der Waals surface area (Å²) in [5.41, 5.74) is 2.22. The Hall–Kier alpha value is -1.08. The van der Waals surface area contributed by atoms with E-state index in [1.807, 2.05) is 25.1 Å². The van der Waals surface area contributed by atoms with E-state index in [4.69, 9.17) is 11.6 Å². The smallest absolute Gasteiger partial charge is 0.227 e. The molecule has 2 heteroatoms. The third-order valence-electron chi connectivity index (χ3n) is 3.36. The Bertz CT molecular complexity index is 422. The topological polar surface area (TPSA) is 17.1 Å². The number of hydrogen-bond acceptors (Lipinski definition) is 1. The fourth-order valence-electron chi connectivity index (χ4n) is 2.06. The molecule has 1 aromatic carbocycles. The molecule has 0 fully saturated rings. The Labute approximate surface area is 101 Å². The summed E-state index contributed by atoms with van der Waals surface area (Å²) in [4.78, 5) is 11.3. The fraction of sp³-hybridized carbons (Fsp3) is 0.357. The van der Waals surface area contributed by atoms with E-state index in [0.29, 0.717) is 0 Å². The number of hydrogen-bond donors (Lipinski definition) is 0. The fourth-order valence-corrected chi connectivity index (χ4v) is 2.23. The van der Waals surface area contributed by atoms with Gasteiger partial charge in [-0.3, -0.25) is 4.79 Å². The number of carbonyl (C=O) groups excluding carboxylic acids is 1. The maximum atomic E-state index is 11.3. The maximum Gasteiger partial charge on any atom is 0.227 e. The van der Waals surface area contributed by atoms with Crippen molar-refractivity contribution < 1.29 is 4.79 Å². The molecule has 84 valence electrons. The summed E-state index contributed by atoms with van der Waals surface area (Å²) in [6, 6.07) is 10.3. The van der Waals surface area contributed by atoms with Crippen molar-refractivity contribution in [3.05, 3.63) is 42.0 Å². The monoisotopic (exact) mass is 234 g/mol. The van der Waals surface area contributed by atoms with E-state index in [1.54, 1.807) is 0 Å². The molecular formula is C14H15ClO. The van der Waals surface area contributed by atoms with Crippen LogP contribution in [-0.2, 0) is 4.79 Å². The molecule has 1 aliphatic carbocycles. The lowest BCUT2D eigenvalue weighted by Crippen LogP contribution is -2.25. The second-order valence-corrected chi connectivity index (χ2v) is 4.98. The molecule has 1 atom stereocenters. The molecule has 0 radical (unpaired) electrons. The predicted octanol–water partition coefficient (Wildman–Crippen LogP) is 4.03. The summed E-state index contributed by atoms with van der Waals surface area (Å²) in [6.45, 7) is 1.95. The lowest BCUT2D eigenvalue weighted by atomic mass is 9.76. The highest BCUT2D eigenvalue weighted by Gasteiger charge is 2.33. The van der Waals surface area contributed by atoms with Crippen LogP contribution in [0.15, 0.2) is 36.4 Å². The normalized spacial score (nSPS) is 25.0. The van der Waals surface area contributed by atoms with Crippen molar-refractivity contribution in [3.8, 4) is 0 Å². The summed E-state index contributed by atoms with van der Waals surface area (Å²) in [5, 5.41) is -0.212. The highest BCUT2D eigenvalue weighted by Crippen LogP contribution is 2.39. The van der Waals surface area contributed by atoms with E-state index >= 15 is 0 Å². The van der Waals surface area contributed by atoms with Gasteiger partial charge in [-0.1, -0.05) is 43.3 Å². The molecule has 1 nitrogen and oxygen atoms in total. The average molecular weight is 235 g/mol. The van der Waals surface area contributed by atoms with Crippen LogP contribution in [0.4, 0.5) is 0 Å². The molecule has 1 aromatic rings. The number of rotatable bonds is 2. The summed E-state index contributed by atoms with van der Waals surface area (Å²) in [5.74, 6) is 0. The molecule has 0 bridgehead atoms. The van der Waals surface area contributed by atoms with Crippen LogP contribution < -0.4 is 0 Å². The number of allylic oxidation sites excluding steroid dienone is 2. The third-order valence-corrected chi connectivity index (χ3v) is 3.82. The molecule has 16 heavy (non-hydrogen) atoms. The Balaban J connectivity index is 2.19. The number of benzene rings is 1. The Morgan fingerprint density at radius 3 is 2.50 bits per heavy atom. The number of carbonyl (C=O) groups is 1. The average Bonchev–Trinajstić information content (AvgIpc) is 2.31. The first-order valence-electron chi connectivity index (χ1n) is 5.56.